The molecule has 0 aliphatic carbocycles. The largest absolute Gasteiger partial charge is 0.477 e. The van der Waals surface area contributed by atoms with Crippen LogP contribution >= 0.6 is 15.9 Å². The molecular weight excluding hydrogens is 236 g/mol. The van der Waals surface area contributed by atoms with Crippen molar-refractivity contribution in [2.24, 2.45) is 0 Å². The van der Waals surface area contributed by atoms with E-state index in [1.54, 1.807) is 6.07 Å². The fourth-order valence-electron chi connectivity index (χ4n) is 1.04. The number of halogens is 1. The minimum absolute atomic E-state index is 0.212. The molecule has 0 aliphatic rings. The van der Waals surface area contributed by atoms with Crippen molar-refractivity contribution in [2.75, 3.05) is 14.1 Å². The van der Waals surface area contributed by atoms with Gasteiger partial charge in [0.25, 0.3) is 0 Å². The van der Waals surface area contributed by atoms with E-state index in [2.05, 4.69) is 20.9 Å². The third kappa shape index (κ3) is 2.57. The molecule has 0 saturated heterocycles. The summed E-state index contributed by atoms with van der Waals surface area (Å²) in [5, 5.41) is 8.69. The number of aromatic nitrogens is 1. The molecule has 0 aliphatic heterocycles. The van der Waals surface area contributed by atoms with Gasteiger partial charge in [-0.25, -0.2) is 4.79 Å². The number of carbonyl (C=O) groups is 1. The average molecular weight is 247 g/mol. The lowest BCUT2D eigenvalue weighted by Gasteiger charge is -2.07. The molecule has 0 aromatic carbocycles. The number of carboxylic acids is 1. The molecule has 0 fully saturated rings. The highest BCUT2D eigenvalue weighted by atomic mass is 79.9. The summed E-state index contributed by atoms with van der Waals surface area (Å²) in [6, 6.07) is 1.63. The van der Waals surface area contributed by atoms with E-state index in [4.69, 9.17) is 5.11 Å². The molecule has 2 N–H and O–H groups in total. The summed E-state index contributed by atoms with van der Waals surface area (Å²) < 4.78 is 0.735. The Kier molecular flexibility index (Phi) is 3.11. The van der Waals surface area contributed by atoms with Gasteiger partial charge in [-0.15, -0.1) is 0 Å². The Balaban J connectivity index is 2.90. The van der Waals surface area contributed by atoms with Gasteiger partial charge in [0.2, 0.25) is 0 Å². The van der Waals surface area contributed by atoms with Crippen LogP contribution in [0.3, 0.4) is 0 Å². The minimum Gasteiger partial charge on any atom is -0.477 e. The topological polar surface area (TPSA) is 56.3 Å². The van der Waals surface area contributed by atoms with Gasteiger partial charge in [0.15, 0.2) is 0 Å². The molecule has 1 heterocycles. The molecule has 0 bridgehead atoms. The number of carboxylic acid groups (broad SMARTS) is 1. The Labute approximate surface area is 84.7 Å². The summed E-state index contributed by atoms with van der Waals surface area (Å²) in [6.07, 6.45) is 0. The zero-order valence-electron chi connectivity index (χ0n) is 7.47. The molecule has 0 atom stereocenters. The van der Waals surface area contributed by atoms with Gasteiger partial charge in [0.05, 0.1) is 4.60 Å². The van der Waals surface area contributed by atoms with Crippen molar-refractivity contribution in [3.63, 3.8) is 0 Å². The molecule has 0 spiro atoms. The maximum Gasteiger partial charge on any atom is 0.352 e. The van der Waals surface area contributed by atoms with Gasteiger partial charge < -0.3 is 15.0 Å². The Hall–Kier alpha value is -0.810. The Morgan fingerprint density at radius 3 is 2.69 bits per heavy atom. The number of rotatable bonds is 3. The van der Waals surface area contributed by atoms with Gasteiger partial charge in [-0.2, -0.15) is 0 Å². The SMILES string of the molecule is CN(C)Cc1cc(C(=O)O)[nH]c1Br. The number of hydrogen-bond acceptors (Lipinski definition) is 2. The van der Waals surface area contributed by atoms with Crippen LogP contribution in [-0.2, 0) is 6.54 Å². The third-order valence-electron chi connectivity index (χ3n) is 1.56. The van der Waals surface area contributed by atoms with Crippen LogP contribution in [0.1, 0.15) is 16.1 Å². The summed E-state index contributed by atoms with van der Waals surface area (Å²) in [4.78, 5) is 15.3. The molecule has 0 saturated carbocycles. The van der Waals surface area contributed by atoms with E-state index in [1.807, 2.05) is 19.0 Å². The van der Waals surface area contributed by atoms with Crippen LogP contribution in [-0.4, -0.2) is 35.1 Å². The second-order valence-corrected chi connectivity index (χ2v) is 3.86. The molecular formula is C8H11BrN2O2. The highest BCUT2D eigenvalue weighted by Crippen LogP contribution is 2.18. The lowest BCUT2D eigenvalue weighted by molar-refractivity contribution is 0.0691. The standard InChI is InChI=1S/C8H11BrN2O2/c1-11(2)4-5-3-6(8(12)13)10-7(5)9/h3,10H,4H2,1-2H3,(H,12,13). The van der Waals surface area contributed by atoms with E-state index in [-0.39, 0.29) is 5.69 Å². The van der Waals surface area contributed by atoms with Crippen LogP contribution in [0.25, 0.3) is 0 Å². The average Bonchev–Trinajstić information content (AvgIpc) is 2.31. The number of nitrogens with one attached hydrogen (secondary N) is 1. The molecule has 0 unspecified atom stereocenters. The monoisotopic (exact) mass is 246 g/mol. The first-order valence-corrected chi connectivity index (χ1v) is 4.55. The first-order valence-electron chi connectivity index (χ1n) is 3.76. The second kappa shape index (κ2) is 3.93. The van der Waals surface area contributed by atoms with Crippen molar-refractivity contribution in [3.8, 4) is 0 Å². The molecule has 1 rings (SSSR count). The number of aromatic carboxylic acids is 1. The van der Waals surface area contributed by atoms with Crippen molar-refractivity contribution in [2.45, 2.75) is 6.54 Å². The van der Waals surface area contributed by atoms with Crippen LogP contribution in [0.4, 0.5) is 0 Å². The van der Waals surface area contributed by atoms with Crippen molar-refractivity contribution in [1.82, 2.24) is 9.88 Å². The highest BCUT2D eigenvalue weighted by molar-refractivity contribution is 9.10. The fourth-order valence-corrected chi connectivity index (χ4v) is 1.50. The van der Waals surface area contributed by atoms with Crippen molar-refractivity contribution < 1.29 is 9.90 Å². The number of nitrogens with zero attached hydrogens (tertiary/aromatic N) is 1. The molecule has 0 radical (unpaired) electrons. The predicted molar refractivity (Wildman–Crippen MR) is 52.8 cm³/mol. The van der Waals surface area contributed by atoms with Gasteiger partial charge in [-0.3, -0.25) is 0 Å². The van der Waals surface area contributed by atoms with E-state index in [9.17, 15) is 4.79 Å². The Morgan fingerprint density at radius 1 is 1.69 bits per heavy atom. The van der Waals surface area contributed by atoms with E-state index in [0.717, 1.165) is 10.2 Å². The van der Waals surface area contributed by atoms with Crippen molar-refractivity contribution >= 4 is 21.9 Å². The van der Waals surface area contributed by atoms with E-state index in [0.29, 0.717) is 6.54 Å². The zero-order chi connectivity index (χ0) is 10.0. The van der Waals surface area contributed by atoms with Gasteiger partial charge in [0.1, 0.15) is 5.69 Å². The van der Waals surface area contributed by atoms with Gasteiger partial charge in [0, 0.05) is 6.54 Å². The lowest BCUT2D eigenvalue weighted by Crippen LogP contribution is -2.10. The van der Waals surface area contributed by atoms with E-state index < -0.39 is 5.97 Å². The van der Waals surface area contributed by atoms with Crippen LogP contribution < -0.4 is 0 Å². The van der Waals surface area contributed by atoms with Crippen molar-refractivity contribution in [3.05, 3.63) is 21.9 Å². The summed E-state index contributed by atoms with van der Waals surface area (Å²) in [5.41, 5.74) is 1.16. The summed E-state index contributed by atoms with van der Waals surface area (Å²) in [5.74, 6) is -0.939. The Bertz CT molecular complexity index is 320. The number of H-pyrrole nitrogens is 1. The molecule has 1 aromatic heterocycles. The summed E-state index contributed by atoms with van der Waals surface area (Å²) in [7, 11) is 3.86. The maximum atomic E-state index is 10.6. The number of aromatic amines is 1. The summed E-state index contributed by atoms with van der Waals surface area (Å²) >= 11 is 3.27. The normalized spacial score (nSPS) is 10.8. The molecule has 4 nitrogen and oxygen atoms in total. The molecule has 13 heavy (non-hydrogen) atoms. The zero-order valence-corrected chi connectivity index (χ0v) is 9.05. The molecule has 1 aromatic rings. The van der Waals surface area contributed by atoms with Gasteiger partial charge >= 0.3 is 5.97 Å². The Morgan fingerprint density at radius 2 is 2.31 bits per heavy atom. The molecule has 5 heteroatoms. The molecule has 72 valence electrons. The minimum atomic E-state index is -0.939. The van der Waals surface area contributed by atoms with Crippen LogP contribution in [0.5, 0.6) is 0 Å². The molecule has 0 amide bonds. The highest BCUT2D eigenvalue weighted by Gasteiger charge is 2.10. The van der Waals surface area contributed by atoms with Crippen molar-refractivity contribution in [1.29, 1.82) is 0 Å². The van der Waals surface area contributed by atoms with Gasteiger partial charge in [-0.1, -0.05) is 0 Å². The second-order valence-electron chi connectivity index (χ2n) is 3.07. The number of hydrogen-bond donors (Lipinski definition) is 2. The van der Waals surface area contributed by atoms with Crippen LogP contribution in [0.15, 0.2) is 10.7 Å². The quantitative estimate of drug-likeness (QED) is 0.851. The first-order chi connectivity index (χ1) is 6.00. The maximum absolute atomic E-state index is 10.6. The lowest BCUT2D eigenvalue weighted by atomic mass is 10.3. The smallest absolute Gasteiger partial charge is 0.352 e. The predicted octanol–water partition coefficient (Wildman–Crippen LogP) is 1.54. The van der Waals surface area contributed by atoms with E-state index >= 15 is 0 Å². The third-order valence-corrected chi connectivity index (χ3v) is 2.27. The van der Waals surface area contributed by atoms with Gasteiger partial charge in [-0.05, 0) is 41.7 Å². The summed E-state index contributed by atoms with van der Waals surface area (Å²) in [6.45, 7) is 0.713. The van der Waals surface area contributed by atoms with E-state index in [1.165, 1.54) is 0 Å². The first kappa shape index (κ1) is 10.3. The van der Waals surface area contributed by atoms with Crippen LogP contribution in [0, 0.1) is 0 Å². The van der Waals surface area contributed by atoms with Crippen LogP contribution in [0.2, 0.25) is 0 Å². The fraction of sp³-hybridized carbons (Fsp3) is 0.375.